The van der Waals surface area contributed by atoms with Crippen LogP contribution in [0.2, 0.25) is 0 Å². The van der Waals surface area contributed by atoms with Crippen molar-refractivity contribution in [2.24, 2.45) is 0 Å². The Kier molecular flexibility index (Phi) is 5.51. The van der Waals surface area contributed by atoms with Crippen molar-refractivity contribution in [3.05, 3.63) is 51.5 Å². The van der Waals surface area contributed by atoms with Crippen LogP contribution in [0, 0.1) is 20.8 Å². The first-order valence-electron chi connectivity index (χ1n) is 10.1. The number of thiazole rings is 1. The zero-order valence-corrected chi connectivity index (χ0v) is 18.8. The summed E-state index contributed by atoms with van der Waals surface area (Å²) in [5.74, 6) is 0.688. The minimum atomic E-state index is -0.0939. The molecule has 3 aromatic rings. The molecule has 7 nitrogen and oxygen atoms in total. The molecule has 1 atom stereocenters. The van der Waals surface area contributed by atoms with Gasteiger partial charge in [-0.05, 0) is 50.8 Å². The Morgan fingerprint density at radius 1 is 1.17 bits per heavy atom. The van der Waals surface area contributed by atoms with Gasteiger partial charge in [-0.1, -0.05) is 0 Å². The maximum absolute atomic E-state index is 13.4. The van der Waals surface area contributed by atoms with Crippen LogP contribution in [0.4, 0.5) is 5.95 Å². The van der Waals surface area contributed by atoms with Gasteiger partial charge in [0, 0.05) is 44.8 Å². The number of pyridine rings is 1. The Morgan fingerprint density at radius 2 is 1.97 bits per heavy atom. The van der Waals surface area contributed by atoms with E-state index in [0.29, 0.717) is 5.95 Å². The first-order valence-corrected chi connectivity index (χ1v) is 10.9. The van der Waals surface area contributed by atoms with Gasteiger partial charge in [-0.2, -0.15) is 0 Å². The highest BCUT2D eigenvalue weighted by atomic mass is 32.1. The number of aromatic nitrogens is 4. The van der Waals surface area contributed by atoms with Gasteiger partial charge >= 0.3 is 0 Å². The Balaban J connectivity index is 1.81. The number of carbonyl (C=O) groups is 1. The third-order valence-electron chi connectivity index (χ3n) is 5.44. The number of carbonyl (C=O) groups excluding carboxylic acids is 1. The van der Waals surface area contributed by atoms with Gasteiger partial charge in [-0.25, -0.2) is 15.0 Å². The second kappa shape index (κ2) is 8.10. The van der Waals surface area contributed by atoms with Crippen LogP contribution in [0.5, 0.6) is 0 Å². The van der Waals surface area contributed by atoms with Crippen molar-refractivity contribution in [1.82, 2.24) is 24.8 Å². The molecule has 1 aliphatic rings. The molecule has 0 radical (unpaired) electrons. The van der Waals surface area contributed by atoms with Crippen molar-refractivity contribution < 1.29 is 4.79 Å². The molecule has 0 spiro atoms. The van der Waals surface area contributed by atoms with Crippen LogP contribution in [0.3, 0.4) is 0 Å². The first kappa shape index (κ1) is 20.4. The van der Waals surface area contributed by atoms with Crippen LogP contribution < -0.4 is 4.90 Å². The average Bonchev–Trinajstić information content (AvgIpc) is 3.33. The lowest BCUT2D eigenvalue weighted by atomic mass is 9.97. The van der Waals surface area contributed by atoms with Gasteiger partial charge in [0.25, 0.3) is 5.91 Å². The van der Waals surface area contributed by atoms with E-state index in [2.05, 4.69) is 15.0 Å². The Bertz CT molecular complexity index is 1090. The standard InChI is InChI=1S/C22H26N6OS/c1-13-11-23-9-8-16(13)17-12-24-22(27(4)5)26-19(17)18-7-6-10-28(18)21(29)20-14(2)25-15(3)30-20/h8-9,11-12,18H,6-7,10H2,1-5H3/t18-/m0/s1. The number of aryl methyl sites for hydroxylation is 3. The van der Waals surface area contributed by atoms with Crippen LogP contribution in [0.25, 0.3) is 11.1 Å². The van der Waals surface area contributed by atoms with Crippen molar-refractivity contribution in [3.63, 3.8) is 0 Å². The molecule has 0 aromatic carbocycles. The van der Waals surface area contributed by atoms with Gasteiger partial charge in [0.05, 0.1) is 22.4 Å². The fourth-order valence-corrected chi connectivity index (χ4v) is 4.87. The summed E-state index contributed by atoms with van der Waals surface area (Å²) in [5, 5.41) is 0.914. The number of hydrogen-bond donors (Lipinski definition) is 0. The van der Waals surface area contributed by atoms with E-state index in [1.165, 1.54) is 11.3 Å². The van der Waals surface area contributed by atoms with E-state index in [4.69, 9.17) is 4.98 Å². The first-order chi connectivity index (χ1) is 14.4. The molecule has 8 heteroatoms. The Morgan fingerprint density at radius 3 is 2.63 bits per heavy atom. The second-order valence-corrected chi connectivity index (χ2v) is 9.06. The lowest BCUT2D eigenvalue weighted by Crippen LogP contribution is -2.31. The van der Waals surface area contributed by atoms with E-state index in [-0.39, 0.29) is 11.9 Å². The summed E-state index contributed by atoms with van der Waals surface area (Å²) < 4.78 is 0. The SMILES string of the molecule is Cc1nc(C)c(C(=O)N2CCC[C@H]2c2nc(N(C)C)ncc2-c2ccncc2C)s1. The lowest BCUT2D eigenvalue weighted by Gasteiger charge is -2.27. The fraction of sp³-hybridized carbons (Fsp3) is 0.409. The molecule has 0 saturated carbocycles. The van der Waals surface area contributed by atoms with E-state index in [1.807, 2.05) is 63.1 Å². The highest BCUT2D eigenvalue weighted by molar-refractivity contribution is 7.13. The van der Waals surface area contributed by atoms with Gasteiger partial charge in [0.2, 0.25) is 5.95 Å². The molecule has 4 rings (SSSR count). The van der Waals surface area contributed by atoms with Crippen molar-refractivity contribution in [2.75, 3.05) is 25.5 Å². The largest absolute Gasteiger partial charge is 0.347 e. The van der Waals surface area contributed by atoms with Crippen LogP contribution in [0.15, 0.2) is 24.7 Å². The maximum atomic E-state index is 13.4. The zero-order valence-electron chi connectivity index (χ0n) is 18.0. The highest BCUT2D eigenvalue weighted by Gasteiger charge is 2.35. The quantitative estimate of drug-likeness (QED) is 0.633. The molecule has 0 N–H and O–H groups in total. The van der Waals surface area contributed by atoms with E-state index >= 15 is 0 Å². The van der Waals surface area contributed by atoms with E-state index in [0.717, 1.165) is 57.3 Å². The highest BCUT2D eigenvalue weighted by Crippen LogP contribution is 2.39. The lowest BCUT2D eigenvalue weighted by molar-refractivity contribution is 0.0737. The number of likely N-dealkylation sites (tertiary alicyclic amines) is 1. The summed E-state index contributed by atoms with van der Waals surface area (Å²) in [6.07, 6.45) is 7.34. The molecular formula is C22H26N6OS. The molecule has 1 fully saturated rings. The number of nitrogens with zero attached hydrogens (tertiary/aromatic N) is 6. The summed E-state index contributed by atoms with van der Waals surface area (Å²) in [5.41, 5.74) is 4.77. The summed E-state index contributed by atoms with van der Waals surface area (Å²) in [7, 11) is 3.86. The molecule has 0 unspecified atom stereocenters. The molecule has 1 amide bonds. The van der Waals surface area contributed by atoms with E-state index in [9.17, 15) is 4.79 Å². The predicted molar refractivity (Wildman–Crippen MR) is 119 cm³/mol. The van der Waals surface area contributed by atoms with Crippen molar-refractivity contribution in [1.29, 1.82) is 0 Å². The molecule has 4 heterocycles. The maximum Gasteiger partial charge on any atom is 0.266 e. The van der Waals surface area contributed by atoms with Gasteiger partial charge in [-0.3, -0.25) is 9.78 Å². The van der Waals surface area contributed by atoms with Crippen LogP contribution in [0.1, 0.15) is 50.5 Å². The molecule has 0 aliphatic carbocycles. The van der Waals surface area contributed by atoms with Crippen molar-refractivity contribution in [3.8, 4) is 11.1 Å². The zero-order chi connectivity index (χ0) is 21.4. The summed E-state index contributed by atoms with van der Waals surface area (Å²) in [6, 6.07) is 1.90. The number of rotatable bonds is 4. The van der Waals surface area contributed by atoms with Crippen molar-refractivity contribution >= 4 is 23.2 Å². The van der Waals surface area contributed by atoms with Crippen LogP contribution in [-0.4, -0.2) is 51.4 Å². The van der Waals surface area contributed by atoms with Crippen LogP contribution >= 0.6 is 11.3 Å². The smallest absolute Gasteiger partial charge is 0.266 e. The minimum Gasteiger partial charge on any atom is -0.347 e. The molecule has 30 heavy (non-hydrogen) atoms. The minimum absolute atomic E-state index is 0.0445. The Hall–Kier alpha value is -2.87. The van der Waals surface area contributed by atoms with Gasteiger partial charge in [-0.15, -0.1) is 11.3 Å². The number of hydrogen-bond acceptors (Lipinski definition) is 7. The molecule has 0 bridgehead atoms. The Labute approximate surface area is 180 Å². The van der Waals surface area contributed by atoms with Crippen molar-refractivity contribution in [2.45, 2.75) is 39.7 Å². The molecule has 1 saturated heterocycles. The normalized spacial score (nSPS) is 16.2. The van der Waals surface area contributed by atoms with Crippen LogP contribution in [-0.2, 0) is 0 Å². The second-order valence-electron chi connectivity index (χ2n) is 7.86. The summed E-state index contributed by atoms with van der Waals surface area (Å²) in [4.78, 5) is 36.1. The van der Waals surface area contributed by atoms with Gasteiger partial charge in [0.1, 0.15) is 4.88 Å². The van der Waals surface area contributed by atoms with Gasteiger partial charge < -0.3 is 9.80 Å². The van der Waals surface area contributed by atoms with E-state index < -0.39 is 0 Å². The molecule has 1 aliphatic heterocycles. The predicted octanol–water partition coefficient (Wildman–Crippen LogP) is 3.96. The topological polar surface area (TPSA) is 75.1 Å². The average molecular weight is 423 g/mol. The monoisotopic (exact) mass is 422 g/mol. The summed E-state index contributed by atoms with van der Waals surface area (Å²) >= 11 is 1.47. The van der Waals surface area contributed by atoms with Gasteiger partial charge in [0.15, 0.2) is 0 Å². The third kappa shape index (κ3) is 3.67. The number of anilines is 1. The fourth-order valence-electron chi connectivity index (χ4n) is 3.99. The van der Waals surface area contributed by atoms with E-state index in [1.54, 1.807) is 6.20 Å². The molecular weight excluding hydrogens is 396 g/mol. The molecule has 3 aromatic heterocycles. The number of amides is 1. The summed E-state index contributed by atoms with van der Waals surface area (Å²) in [6.45, 7) is 6.60. The molecule has 156 valence electrons. The third-order valence-corrected chi connectivity index (χ3v) is 6.50.